The number of carbonyl (C=O) groups excluding carboxylic acids is 2. The van der Waals surface area contributed by atoms with Crippen molar-refractivity contribution in [3.05, 3.63) is 56.5 Å². The van der Waals surface area contributed by atoms with E-state index in [0.29, 0.717) is 29.4 Å². The van der Waals surface area contributed by atoms with E-state index in [1.54, 1.807) is 29.2 Å². The summed E-state index contributed by atoms with van der Waals surface area (Å²) in [5.41, 5.74) is 0.581. The number of amides is 2. The quantitative estimate of drug-likeness (QED) is 0.715. The maximum absolute atomic E-state index is 12.4. The Bertz CT molecular complexity index is 740. The van der Waals surface area contributed by atoms with Crippen LogP contribution in [0.1, 0.15) is 33.8 Å². The van der Waals surface area contributed by atoms with Gasteiger partial charge >= 0.3 is 0 Å². The first-order valence-electron chi connectivity index (χ1n) is 7.63. The van der Waals surface area contributed by atoms with E-state index in [4.69, 9.17) is 16.0 Å². The molecule has 1 aliphatic rings. The number of furan rings is 1. The molecule has 0 saturated carbocycles. The topological polar surface area (TPSA) is 62.6 Å². The highest BCUT2D eigenvalue weighted by molar-refractivity contribution is 14.1. The van der Waals surface area contributed by atoms with E-state index in [9.17, 15) is 9.59 Å². The molecule has 126 valence electrons. The molecular formula is C17H16ClIN2O3. The molecule has 24 heavy (non-hydrogen) atoms. The normalized spacial score (nSPS) is 15.3. The van der Waals surface area contributed by atoms with Crippen molar-refractivity contribution in [2.75, 3.05) is 13.1 Å². The molecule has 0 unspecified atom stereocenters. The van der Waals surface area contributed by atoms with Gasteiger partial charge in [-0.2, -0.15) is 0 Å². The van der Waals surface area contributed by atoms with E-state index in [1.165, 1.54) is 6.26 Å². The van der Waals surface area contributed by atoms with Crippen molar-refractivity contribution in [3.63, 3.8) is 0 Å². The molecule has 1 aromatic carbocycles. The molecule has 1 aliphatic heterocycles. The van der Waals surface area contributed by atoms with Gasteiger partial charge in [-0.3, -0.25) is 9.59 Å². The van der Waals surface area contributed by atoms with Gasteiger partial charge in [0.05, 0.1) is 11.8 Å². The molecule has 0 aliphatic carbocycles. The zero-order chi connectivity index (χ0) is 17.1. The fourth-order valence-electron chi connectivity index (χ4n) is 2.72. The number of nitrogens with one attached hydrogen (secondary N) is 1. The van der Waals surface area contributed by atoms with E-state index >= 15 is 0 Å². The number of hydrogen-bond acceptors (Lipinski definition) is 3. The first-order valence-corrected chi connectivity index (χ1v) is 9.09. The lowest BCUT2D eigenvalue weighted by Gasteiger charge is -2.32. The van der Waals surface area contributed by atoms with Crippen LogP contribution in [0.3, 0.4) is 0 Å². The molecule has 2 heterocycles. The lowest BCUT2D eigenvalue weighted by molar-refractivity contribution is 0.0667. The molecule has 0 atom stereocenters. The van der Waals surface area contributed by atoms with E-state index in [-0.39, 0.29) is 17.9 Å². The zero-order valence-electron chi connectivity index (χ0n) is 12.8. The Balaban J connectivity index is 1.56. The third-order valence-electron chi connectivity index (χ3n) is 4.02. The Labute approximate surface area is 158 Å². The second kappa shape index (κ2) is 7.57. The summed E-state index contributed by atoms with van der Waals surface area (Å²) < 4.78 is 6.01. The van der Waals surface area contributed by atoms with Crippen LogP contribution < -0.4 is 5.32 Å². The summed E-state index contributed by atoms with van der Waals surface area (Å²) in [7, 11) is 0. The number of piperidine rings is 1. The Kier molecular flexibility index (Phi) is 5.45. The van der Waals surface area contributed by atoms with Gasteiger partial charge in [0.25, 0.3) is 11.8 Å². The molecule has 2 aromatic rings. The molecule has 0 bridgehead atoms. The maximum atomic E-state index is 12.4. The number of likely N-dealkylation sites (tertiary alicyclic amines) is 1. The summed E-state index contributed by atoms with van der Waals surface area (Å²) in [5.74, 6) is 0.123. The highest BCUT2D eigenvalue weighted by atomic mass is 127. The van der Waals surface area contributed by atoms with Crippen molar-refractivity contribution < 1.29 is 14.0 Å². The van der Waals surface area contributed by atoms with Gasteiger partial charge in [0, 0.05) is 27.7 Å². The molecule has 5 nitrogen and oxygen atoms in total. The average Bonchev–Trinajstić information content (AvgIpc) is 3.11. The third kappa shape index (κ3) is 3.92. The summed E-state index contributed by atoms with van der Waals surface area (Å²) in [6.45, 7) is 1.19. The number of nitrogens with zero attached hydrogens (tertiary/aromatic N) is 1. The predicted octanol–water partition coefficient (Wildman–Crippen LogP) is 3.57. The highest BCUT2D eigenvalue weighted by Crippen LogP contribution is 2.19. The number of halogens is 2. The number of carbonyl (C=O) groups is 2. The molecule has 1 aromatic heterocycles. The van der Waals surface area contributed by atoms with Gasteiger partial charge in [-0.05, 0) is 65.8 Å². The Morgan fingerprint density at radius 3 is 2.67 bits per heavy atom. The molecule has 0 radical (unpaired) electrons. The largest absolute Gasteiger partial charge is 0.459 e. The number of benzene rings is 1. The van der Waals surface area contributed by atoms with Gasteiger partial charge < -0.3 is 14.6 Å². The van der Waals surface area contributed by atoms with Gasteiger partial charge in [0.1, 0.15) is 0 Å². The average molecular weight is 459 g/mol. The number of rotatable bonds is 3. The summed E-state index contributed by atoms with van der Waals surface area (Å²) in [5, 5.41) is 3.57. The van der Waals surface area contributed by atoms with Crippen LogP contribution in [0.25, 0.3) is 0 Å². The fraction of sp³-hybridized carbons (Fsp3) is 0.294. The summed E-state index contributed by atoms with van der Waals surface area (Å²) in [6.07, 6.45) is 2.93. The summed E-state index contributed by atoms with van der Waals surface area (Å²) in [4.78, 5) is 26.4. The second-order valence-corrected chi connectivity index (χ2v) is 7.24. The highest BCUT2D eigenvalue weighted by Gasteiger charge is 2.26. The van der Waals surface area contributed by atoms with E-state index in [1.807, 2.05) is 6.07 Å². The molecule has 1 N–H and O–H groups in total. The van der Waals surface area contributed by atoms with E-state index in [2.05, 4.69) is 27.9 Å². The fourth-order valence-corrected chi connectivity index (χ4v) is 3.47. The lowest BCUT2D eigenvalue weighted by Crippen LogP contribution is -2.46. The first-order chi connectivity index (χ1) is 11.5. The van der Waals surface area contributed by atoms with Crippen LogP contribution in [0.5, 0.6) is 0 Å². The smallest absolute Gasteiger partial charge is 0.289 e. The Hall–Kier alpha value is -1.54. The van der Waals surface area contributed by atoms with Crippen LogP contribution in [0.15, 0.2) is 41.0 Å². The van der Waals surface area contributed by atoms with Crippen molar-refractivity contribution in [2.24, 2.45) is 0 Å². The minimum atomic E-state index is -0.127. The van der Waals surface area contributed by atoms with Gasteiger partial charge in [-0.25, -0.2) is 0 Å². The molecule has 1 fully saturated rings. The molecule has 3 rings (SSSR count). The molecule has 1 saturated heterocycles. The predicted molar refractivity (Wildman–Crippen MR) is 99.3 cm³/mol. The Morgan fingerprint density at radius 1 is 1.25 bits per heavy atom. The standard InChI is InChI=1S/C17H16ClIN2O3/c18-11-3-4-14(19)13(10-11)16(22)20-12-5-7-21(8-6-12)17(23)15-2-1-9-24-15/h1-4,9-10,12H,5-8H2,(H,20,22). The molecular weight excluding hydrogens is 443 g/mol. The molecule has 2 amide bonds. The van der Waals surface area contributed by atoms with E-state index in [0.717, 1.165) is 16.4 Å². The van der Waals surface area contributed by atoms with Crippen molar-refractivity contribution >= 4 is 46.0 Å². The SMILES string of the molecule is O=C(NC1CCN(C(=O)c2ccco2)CC1)c1cc(Cl)ccc1I. The zero-order valence-corrected chi connectivity index (χ0v) is 15.7. The van der Waals surface area contributed by atoms with Gasteiger partial charge in [-0.15, -0.1) is 0 Å². The molecule has 7 heteroatoms. The van der Waals surface area contributed by atoms with Crippen LogP contribution >= 0.6 is 34.2 Å². The third-order valence-corrected chi connectivity index (χ3v) is 5.20. The van der Waals surface area contributed by atoms with Crippen molar-refractivity contribution in [2.45, 2.75) is 18.9 Å². The van der Waals surface area contributed by atoms with Crippen LogP contribution in [-0.4, -0.2) is 35.8 Å². The first kappa shape index (κ1) is 17.3. The second-order valence-electron chi connectivity index (χ2n) is 5.64. The van der Waals surface area contributed by atoms with E-state index < -0.39 is 0 Å². The van der Waals surface area contributed by atoms with Gasteiger partial charge in [0.15, 0.2) is 5.76 Å². The van der Waals surface area contributed by atoms with Crippen LogP contribution in [0.2, 0.25) is 5.02 Å². The van der Waals surface area contributed by atoms with Crippen molar-refractivity contribution in [3.8, 4) is 0 Å². The number of hydrogen-bond donors (Lipinski definition) is 1. The van der Waals surface area contributed by atoms with Crippen LogP contribution in [0, 0.1) is 3.57 Å². The van der Waals surface area contributed by atoms with Crippen molar-refractivity contribution in [1.82, 2.24) is 10.2 Å². The van der Waals surface area contributed by atoms with Crippen LogP contribution in [-0.2, 0) is 0 Å². The minimum absolute atomic E-state index is 0.0490. The minimum Gasteiger partial charge on any atom is -0.459 e. The lowest BCUT2D eigenvalue weighted by atomic mass is 10.0. The summed E-state index contributed by atoms with van der Waals surface area (Å²) >= 11 is 8.09. The monoisotopic (exact) mass is 458 g/mol. The van der Waals surface area contributed by atoms with Gasteiger partial charge in [-0.1, -0.05) is 11.6 Å². The maximum Gasteiger partial charge on any atom is 0.289 e. The molecule has 0 spiro atoms. The van der Waals surface area contributed by atoms with Crippen LogP contribution in [0.4, 0.5) is 0 Å². The van der Waals surface area contributed by atoms with Crippen molar-refractivity contribution in [1.29, 1.82) is 0 Å². The summed E-state index contributed by atoms with van der Waals surface area (Å²) in [6, 6.07) is 8.67. The van der Waals surface area contributed by atoms with Gasteiger partial charge in [0.2, 0.25) is 0 Å². The Morgan fingerprint density at radius 2 is 2.00 bits per heavy atom.